The van der Waals surface area contributed by atoms with Crippen molar-refractivity contribution in [3.63, 3.8) is 0 Å². The van der Waals surface area contributed by atoms with Gasteiger partial charge in [0.2, 0.25) is 0 Å². The molecule has 1 aromatic heterocycles. The summed E-state index contributed by atoms with van der Waals surface area (Å²) < 4.78 is 6.31. The van der Waals surface area contributed by atoms with Gasteiger partial charge in [-0.3, -0.25) is 0 Å². The van der Waals surface area contributed by atoms with Crippen LogP contribution in [-0.2, 0) is 11.2 Å². The highest BCUT2D eigenvalue weighted by molar-refractivity contribution is 9.11. The maximum absolute atomic E-state index is 9.91. The summed E-state index contributed by atoms with van der Waals surface area (Å²) in [6.07, 6.45) is 0.162. The number of aliphatic hydroxyl groups excluding tert-OH is 1. The molecule has 2 nitrogen and oxygen atoms in total. The Morgan fingerprint density at radius 3 is 2.64 bits per heavy atom. The van der Waals surface area contributed by atoms with Crippen LogP contribution in [0.1, 0.15) is 18.7 Å². The zero-order chi connectivity index (χ0) is 10.8. The zero-order valence-corrected chi connectivity index (χ0v) is 11.0. The van der Waals surface area contributed by atoms with E-state index in [-0.39, 0.29) is 0 Å². The molecule has 14 heavy (non-hydrogen) atoms. The minimum absolute atomic E-state index is 0.474. The molecule has 0 aromatic carbocycles. The number of aliphatic hydroxyl groups is 1. The number of methoxy groups -OCH3 is 1. The number of halogens is 1. The Bertz CT molecular complexity index is 296. The van der Waals surface area contributed by atoms with Gasteiger partial charge in [0.25, 0.3) is 0 Å². The monoisotopic (exact) mass is 278 g/mol. The van der Waals surface area contributed by atoms with Crippen LogP contribution >= 0.6 is 27.3 Å². The van der Waals surface area contributed by atoms with E-state index in [1.54, 1.807) is 18.4 Å². The highest BCUT2D eigenvalue weighted by atomic mass is 79.9. The molecule has 0 aliphatic carbocycles. The standard InChI is InChI=1S/C10H15BrO2S/c1-10(2,13-3)8(12)6-7-4-5-9(11)14-7/h4-5,8,12H,6H2,1-3H3. The van der Waals surface area contributed by atoms with Gasteiger partial charge in [-0.25, -0.2) is 0 Å². The summed E-state index contributed by atoms with van der Waals surface area (Å²) in [5.74, 6) is 0. The first-order valence-electron chi connectivity index (χ1n) is 4.43. The van der Waals surface area contributed by atoms with E-state index in [0.717, 1.165) is 8.66 Å². The van der Waals surface area contributed by atoms with Crippen LogP contribution in [-0.4, -0.2) is 23.9 Å². The SMILES string of the molecule is COC(C)(C)C(O)Cc1ccc(Br)s1. The van der Waals surface area contributed by atoms with Gasteiger partial charge in [-0.2, -0.15) is 0 Å². The predicted molar refractivity (Wildman–Crippen MR) is 62.8 cm³/mol. The van der Waals surface area contributed by atoms with E-state index in [4.69, 9.17) is 4.74 Å². The Morgan fingerprint density at radius 1 is 1.57 bits per heavy atom. The molecule has 1 rings (SSSR count). The van der Waals surface area contributed by atoms with Crippen LogP contribution in [0.15, 0.2) is 15.9 Å². The van der Waals surface area contributed by atoms with Gasteiger partial charge in [-0.05, 0) is 41.9 Å². The van der Waals surface area contributed by atoms with Gasteiger partial charge in [0.1, 0.15) is 0 Å². The van der Waals surface area contributed by atoms with E-state index >= 15 is 0 Å². The average Bonchev–Trinajstić information content (AvgIpc) is 2.51. The summed E-state index contributed by atoms with van der Waals surface area (Å²) in [4.78, 5) is 1.16. The van der Waals surface area contributed by atoms with Crippen LogP contribution in [0.25, 0.3) is 0 Å². The van der Waals surface area contributed by atoms with Crippen molar-refractivity contribution in [3.8, 4) is 0 Å². The Balaban J connectivity index is 2.61. The molecule has 1 aromatic rings. The summed E-state index contributed by atoms with van der Waals surface area (Å²) in [5, 5.41) is 9.91. The van der Waals surface area contributed by atoms with E-state index in [1.807, 2.05) is 26.0 Å². The first-order chi connectivity index (χ1) is 6.45. The van der Waals surface area contributed by atoms with Gasteiger partial charge < -0.3 is 9.84 Å². The maximum atomic E-state index is 9.91. The average molecular weight is 279 g/mol. The second kappa shape index (κ2) is 4.75. The van der Waals surface area contributed by atoms with E-state index in [1.165, 1.54) is 0 Å². The molecule has 0 bridgehead atoms. The van der Waals surface area contributed by atoms with Gasteiger partial charge in [-0.1, -0.05) is 0 Å². The van der Waals surface area contributed by atoms with Crippen molar-refractivity contribution in [1.29, 1.82) is 0 Å². The fraction of sp³-hybridized carbons (Fsp3) is 0.600. The van der Waals surface area contributed by atoms with Crippen LogP contribution in [0.4, 0.5) is 0 Å². The normalized spacial score (nSPS) is 14.4. The molecule has 0 aliphatic rings. The van der Waals surface area contributed by atoms with Crippen molar-refractivity contribution in [2.75, 3.05) is 7.11 Å². The van der Waals surface area contributed by atoms with Crippen molar-refractivity contribution in [1.82, 2.24) is 0 Å². The highest BCUT2D eigenvalue weighted by Gasteiger charge is 2.27. The largest absolute Gasteiger partial charge is 0.390 e. The molecule has 0 saturated heterocycles. The van der Waals surface area contributed by atoms with Crippen LogP contribution in [0.2, 0.25) is 0 Å². The summed E-state index contributed by atoms with van der Waals surface area (Å²) in [6, 6.07) is 4.01. The number of thiophene rings is 1. The number of ether oxygens (including phenoxy) is 1. The molecule has 0 saturated carbocycles. The lowest BCUT2D eigenvalue weighted by molar-refractivity contribution is -0.0762. The highest BCUT2D eigenvalue weighted by Crippen LogP contribution is 2.25. The third-order valence-electron chi connectivity index (χ3n) is 2.35. The first-order valence-corrected chi connectivity index (χ1v) is 6.04. The zero-order valence-electron chi connectivity index (χ0n) is 8.58. The molecule has 1 unspecified atom stereocenters. The topological polar surface area (TPSA) is 29.5 Å². The Hall–Kier alpha value is 0.1000. The van der Waals surface area contributed by atoms with Crippen LogP contribution in [0, 0.1) is 0 Å². The lowest BCUT2D eigenvalue weighted by atomic mass is 9.98. The lowest BCUT2D eigenvalue weighted by Gasteiger charge is -2.28. The second-order valence-electron chi connectivity index (χ2n) is 3.73. The number of rotatable bonds is 4. The molecule has 0 aliphatic heterocycles. The minimum Gasteiger partial charge on any atom is -0.390 e. The quantitative estimate of drug-likeness (QED) is 0.918. The molecule has 1 atom stereocenters. The van der Waals surface area contributed by atoms with Gasteiger partial charge >= 0.3 is 0 Å². The predicted octanol–water partition coefficient (Wildman–Crippen LogP) is 2.84. The van der Waals surface area contributed by atoms with Gasteiger partial charge in [0, 0.05) is 18.4 Å². The molecule has 0 radical (unpaired) electrons. The summed E-state index contributed by atoms with van der Waals surface area (Å²) in [7, 11) is 1.62. The Morgan fingerprint density at radius 2 is 2.21 bits per heavy atom. The summed E-state index contributed by atoms with van der Waals surface area (Å²) in [6.45, 7) is 3.78. The molecule has 1 heterocycles. The van der Waals surface area contributed by atoms with Crippen LogP contribution in [0.5, 0.6) is 0 Å². The van der Waals surface area contributed by atoms with E-state index < -0.39 is 11.7 Å². The summed E-state index contributed by atoms with van der Waals surface area (Å²) in [5.41, 5.74) is -0.490. The molecule has 0 spiro atoms. The fourth-order valence-corrected chi connectivity index (χ4v) is 2.55. The Kier molecular flexibility index (Phi) is 4.13. The molecule has 0 fully saturated rings. The second-order valence-corrected chi connectivity index (χ2v) is 6.28. The van der Waals surface area contributed by atoms with Gasteiger partial charge in [-0.15, -0.1) is 11.3 Å². The fourth-order valence-electron chi connectivity index (χ4n) is 1.03. The molecule has 0 amide bonds. The third kappa shape index (κ3) is 3.05. The van der Waals surface area contributed by atoms with Gasteiger partial charge in [0.05, 0.1) is 15.5 Å². The number of hydrogen-bond acceptors (Lipinski definition) is 3. The van der Waals surface area contributed by atoms with Gasteiger partial charge in [0.15, 0.2) is 0 Å². The molecule has 80 valence electrons. The van der Waals surface area contributed by atoms with Crippen molar-refractivity contribution in [3.05, 3.63) is 20.8 Å². The molecule has 1 N–H and O–H groups in total. The number of hydrogen-bond donors (Lipinski definition) is 1. The summed E-state index contributed by atoms with van der Waals surface area (Å²) >= 11 is 5.04. The lowest BCUT2D eigenvalue weighted by Crippen LogP contribution is -2.39. The van der Waals surface area contributed by atoms with E-state index in [0.29, 0.717) is 6.42 Å². The van der Waals surface area contributed by atoms with Crippen molar-refractivity contribution >= 4 is 27.3 Å². The maximum Gasteiger partial charge on any atom is 0.0884 e. The van der Waals surface area contributed by atoms with Crippen LogP contribution < -0.4 is 0 Å². The molecular formula is C10H15BrO2S. The van der Waals surface area contributed by atoms with Crippen LogP contribution in [0.3, 0.4) is 0 Å². The minimum atomic E-state index is -0.490. The first kappa shape index (κ1) is 12.2. The smallest absolute Gasteiger partial charge is 0.0884 e. The van der Waals surface area contributed by atoms with E-state index in [2.05, 4.69) is 15.9 Å². The van der Waals surface area contributed by atoms with Crippen molar-refractivity contribution in [2.45, 2.75) is 32.0 Å². The van der Waals surface area contributed by atoms with E-state index in [9.17, 15) is 5.11 Å². The van der Waals surface area contributed by atoms with Crippen molar-refractivity contribution in [2.24, 2.45) is 0 Å². The van der Waals surface area contributed by atoms with Crippen molar-refractivity contribution < 1.29 is 9.84 Å². The molecular weight excluding hydrogens is 264 g/mol. The third-order valence-corrected chi connectivity index (χ3v) is 4.00. The Labute approximate surface area is 97.0 Å². The molecule has 4 heteroatoms.